The molecule has 2 aliphatic heterocycles. The topological polar surface area (TPSA) is 42.9 Å². The molecule has 29 heavy (non-hydrogen) atoms. The summed E-state index contributed by atoms with van der Waals surface area (Å²) in [6.07, 6.45) is 9.56. The van der Waals surface area contributed by atoms with Crippen LogP contribution in [-0.2, 0) is 13.1 Å². The van der Waals surface area contributed by atoms with Crippen LogP contribution in [0.2, 0.25) is 0 Å². The van der Waals surface area contributed by atoms with Gasteiger partial charge in [0.1, 0.15) is 0 Å². The molecule has 2 heterocycles. The predicted octanol–water partition coefficient (Wildman–Crippen LogP) is 3.35. The Hall–Kier alpha value is -1.59. The normalized spacial score (nSPS) is 24.4. The molecule has 1 atom stereocenters. The van der Waals surface area contributed by atoms with Crippen LogP contribution in [0.1, 0.15) is 63.0 Å². The Bertz CT molecular complexity index is 644. The van der Waals surface area contributed by atoms with Gasteiger partial charge in [-0.25, -0.2) is 4.99 Å². The highest BCUT2D eigenvalue weighted by Gasteiger charge is 2.30. The second-order valence-corrected chi connectivity index (χ2v) is 9.06. The zero-order valence-electron chi connectivity index (χ0n) is 18.2. The minimum atomic E-state index is 0.524. The first-order chi connectivity index (χ1) is 14.3. The van der Waals surface area contributed by atoms with Gasteiger partial charge < -0.3 is 10.6 Å². The first-order valence-corrected chi connectivity index (χ1v) is 11.9. The van der Waals surface area contributed by atoms with Crippen molar-refractivity contribution in [1.29, 1.82) is 0 Å². The molecule has 0 bridgehead atoms. The third kappa shape index (κ3) is 5.95. The lowest BCUT2D eigenvalue weighted by Gasteiger charge is -2.24. The molecular formula is C24H39N5. The fraction of sp³-hybridized carbons (Fsp3) is 0.708. The Morgan fingerprint density at radius 2 is 1.69 bits per heavy atom. The van der Waals surface area contributed by atoms with E-state index < -0.39 is 0 Å². The molecule has 1 aromatic carbocycles. The number of likely N-dealkylation sites (tertiary alicyclic amines) is 2. The van der Waals surface area contributed by atoms with E-state index in [4.69, 9.17) is 4.99 Å². The summed E-state index contributed by atoms with van der Waals surface area (Å²) in [5.74, 6) is 0.965. The van der Waals surface area contributed by atoms with Crippen LogP contribution in [0.4, 0.5) is 0 Å². The molecule has 160 valence electrons. The van der Waals surface area contributed by atoms with E-state index in [2.05, 4.69) is 51.6 Å². The molecule has 2 saturated heterocycles. The minimum absolute atomic E-state index is 0.524. The Kier molecular flexibility index (Phi) is 7.44. The fourth-order valence-electron chi connectivity index (χ4n) is 5.14. The Labute approximate surface area is 176 Å². The van der Waals surface area contributed by atoms with Gasteiger partial charge in [0.05, 0.1) is 6.54 Å². The molecule has 0 amide bonds. The highest BCUT2D eigenvalue weighted by atomic mass is 15.3. The van der Waals surface area contributed by atoms with Gasteiger partial charge in [-0.1, -0.05) is 37.1 Å². The van der Waals surface area contributed by atoms with E-state index >= 15 is 0 Å². The van der Waals surface area contributed by atoms with Gasteiger partial charge in [-0.15, -0.1) is 0 Å². The highest BCUT2D eigenvalue weighted by Crippen LogP contribution is 2.26. The van der Waals surface area contributed by atoms with Gasteiger partial charge >= 0.3 is 0 Å². The standard InChI is InChI=1S/C24H39N5/c1-2-25-24(27-22-13-16-29(19-22)23-7-3-4-8-23)26-17-20-9-11-21(12-10-20)18-28-14-5-6-15-28/h9-12,22-23H,2-8,13-19H2,1H3,(H2,25,26,27). The zero-order chi connectivity index (χ0) is 19.9. The summed E-state index contributed by atoms with van der Waals surface area (Å²) in [6, 6.07) is 10.4. The average molecular weight is 398 g/mol. The molecule has 0 spiro atoms. The lowest BCUT2D eigenvalue weighted by molar-refractivity contribution is 0.242. The number of rotatable bonds is 7. The third-order valence-corrected chi connectivity index (χ3v) is 6.79. The molecule has 3 aliphatic rings. The number of hydrogen-bond acceptors (Lipinski definition) is 3. The van der Waals surface area contributed by atoms with Crippen LogP contribution in [0.3, 0.4) is 0 Å². The predicted molar refractivity (Wildman–Crippen MR) is 121 cm³/mol. The summed E-state index contributed by atoms with van der Waals surface area (Å²) in [5.41, 5.74) is 2.70. The van der Waals surface area contributed by atoms with Gasteiger partial charge in [-0.05, 0) is 63.2 Å². The number of hydrogen-bond donors (Lipinski definition) is 2. The summed E-state index contributed by atoms with van der Waals surface area (Å²) in [4.78, 5) is 10.1. The number of nitrogens with one attached hydrogen (secondary N) is 2. The molecule has 1 unspecified atom stereocenters. The summed E-state index contributed by atoms with van der Waals surface area (Å²) in [5, 5.41) is 7.13. The summed E-state index contributed by atoms with van der Waals surface area (Å²) in [6.45, 7) is 9.78. The molecule has 1 aromatic rings. The second-order valence-electron chi connectivity index (χ2n) is 9.06. The first-order valence-electron chi connectivity index (χ1n) is 11.9. The van der Waals surface area contributed by atoms with Crippen molar-refractivity contribution in [3.63, 3.8) is 0 Å². The van der Waals surface area contributed by atoms with Gasteiger partial charge in [0.25, 0.3) is 0 Å². The maximum atomic E-state index is 4.87. The molecule has 2 N–H and O–H groups in total. The molecular weight excluding hydrogens is 358 g/mol. The SMILES string of the molecule is CCNC(=NCc1ccc(CN2CCCC2)cc1)NC1CCN(C2CCCC2)C1. The van der Waals surface area contributed by atoms with Crippen molar-refractivity contribution in [3.8, 4) is 0 Å². The largest absolute Gasteiger partial charge is 0.357 e. The van der Waals surface area contributed by atoms with Crippen LogP contribution < -0.4 is 10.6 Å². The molecule has 3 fully saturated rings. The van der Waals surface area contributed by atoms with Crippen LogP contribution >= 0.6 is 0 Å². The quantitative estimate of drug-likeness (QED) is 0.547. The van der Waals surface area contributed by atoms with Crippen molar-refractivity contribution in [2.45, 2.75) is 77.0 Å². The van der Waals surface area contributed by atoms with Crippen LogP contribution in [0.5, 0.6) is 0 Å². The summed E-state index contributed by atoms with van der Waals surface area (Å²) < 4.78 is 0. The van der Waals surface area contributed by atoms with Crippen molar-refractivity contribution < 1.29 is 0 Å². The Morgan fingerprint density at radius 1 is 0.966 bits per heavy atom. The lowest BCUT2D eigenvalue weighted by Crippen LogP contribution is -2.45. The van der Waals surface area contributed by atoms with Gasteiger partial charge in [-0.2, -0.15) is 0 Å². The van der Waals surface area contributed by atoms with Crippen LogP contribution in [0.25, 0.3) is 0 Å². The highest BCUT2D eigenvalue weighted by molar-refractivity contribution is 5.80. The molecule has 5 heteroatoms. The monoisotopic (exact) mass is 397 g/mol. The van der Waals surface area contributed by atoms with E-state index in [1.165, 1.54) is 82.3 Å². The number of guanidine groups is 1. The van der Waals surface area contributed by atoms with Crippen LogP contribution in [0.15, 0.2) is 29.3 Å². The van der Waals surface area contributed by atoms with Gasteiger partial charge in [0.2, 0.25) is 0 Å². The van der Waals surface area contributed by atoms with E-state index in [1.807, 2.05) is 0 Å². The van der Waals surface area contributed by atoms with Crippen molar-refractivity contribution in [1.82, 2.24) is 20.4 Å². The smallest absolute Gasteiger partial charge is 0.191 e. The Balaban J connectivity index is 1.27. The summed E-state index contributed by atoms with van der Waals surface area (Å²) >= 11 is 0. The first kappa shape index (κ1) is 20.7. The fourth-order valence-corrected chi connectivity index (χ4v) is 5.14. The van der Waals surface area contributed by atoms with Crippen molar-refractivity contribution >= 4 is 5.96 Å². The number of benzene rings is 1. The maximum absolute atomic E-state index is 4.87. The molecule has 1 aliphatic carbocycles. The second kappa shape index (κ2) is 10.4. The zero-order valence-corrected chi connectivity index (χ0v) is 18.2. The maximum Gasteiger partial charge on any atom is 0.191 e. The molecule has 1 saturated carbocycles. The van der Waals surface area contributed by atoms with E-state index in [9.17, 15) is 0 Å². The lowest BCUT2D eigenvalue weighted by atomic mass is 10.1. The van der Waals surface area contributed by atoms with Crippen molar-refractivity contribution in [2.24, 2.45) is 4.99 Å². The molecule has 0 radical (unpaired) electrons. The van der Waals surface area contributed by atoms with E-state index in [-0.39, 0.29) is 0 Å². The average Bonchev–Trinajstić information content (AvgIpc) is 3.50. The molecule has 5 nitrogen and oxygen atoms in total. The van der Waals surface area contributed by atoms with E-state index in [0.717, 1.165) is 31.6 Å². The van der Waals surface area contributed by atoms with Crippen LogP contribution in [0, 0.1) is 0 Å². The van der Waals surface area contributed by atoms with E-state index in [0.29, 0.717) is 6.04 Å². The van der Waals surface area contributed by atoms with E-state index in [1.54, 1.807) is 0 Å². The Morgan fingerprint density at radius 3 is 2.41 bits per heavy atom. The molecule has 0 aromatic heterocycles. The van der Waals surface area contributed by atoms with Crippen LogP contribution in [-0.4, -0.2) is 60.6 Å². The minimum Gasteiger partial charge on any atom is -0.357 e. The third-order valence-electron chi connectivity index (χ3n) is 6.79. The van der Waals surface area contributed by atoms with Gasteiger partial charge in [0.15, 0.2) is 5.96 Å². The van der Waals surface area contributed by atoms with Gasteiger partial charge in [-0.3, -0.25) is 9.80 Å². The summed E-state index contributed by atoms with van der Waals surface area (Å²) in [7, 11) is 0. The molecule has 4 rings (SSSR count). The van der Waals surface area contributed by atoms with Crippen molar-refractivity contribution in [3.05, 3.63) is 35.4 Å². The van der Waals surface area contributed by atoms with Gasteiger partial charge in [0, 0.05) is 38.3 Å². The number of nitrogens with zero attached hydrogens (tertiary/aromatic N) is 3. The number of aliphatic imine (C=N–C) groups is 1. The van der Waals surface area contributed by atoms with Crippen molar-refractivity contribution in [2.75, 3.05) is 32.7 Å².